The second-order valence-electron chi connectivity index (χ2n) is 12.8. The fraction of sp³-hybridized carbons (Fsp3) is 0.441. The molecule has 2 aromatic heterocycles. The van der Waals surface area contributed by atoms with Crippen LogP contribution in [0.3, 0.4) is 0 Å². The fourth-order valence-corrected chi connectivity index (χ4v) is 6.60. The number of rotatable bonds is 4. The van der Waals surface area contributed by atoms with Gasteiger partial charge in [-0.25, -0.2) is 14.8 Å². The number of likely N-dealkylation sites (tertiary alicyclic amines) is 1. The molecule has 8 heteroatoms. The van der Waals surface area contributed by atoms with E-state index in [1.54, 1.807) is 0 Å². The number of hydrogen-bond donors (Lipinski definition) is 2. The van der Waals surface area contributed by atoms with Gasteiger partial charge in [0.25, 0.3) is 0 Å². The topological polar surface area (TPSA) is 96.1 Å². The van der Waals surface area contributed by atoms with Crippen LogP contribution in [0.5, 0.6) is 5.75 Å². The standard InChI is InChI=1S/C34H39N5O3/c1-34(2,3)42-33(40)39-17-6-9-28(39)32-36-26-16-18-41-29-19-24(14-15-25(29)30(26)38-32)21-10-12-22(13-11-21)27-20-35-31(37-27)23-7-4-5-8-23/h10-15,19-20,23,28H,4-9,16-18H2,1-3H3,(H,35,37)(H,36,38)/t28-/m0/s1. The summed E-state index contributed by atoms with van der Waals surface area (Å²) >= 11 is 0. The summed E-state index contributed by atoms with van der Waals surface area (Å²) in [7, 11) is 0. The number of aromatic amines is 2. The molecule has 2 N–H and O–H groups in total. The third-order valence-corrected chi connectivity index (χ3v) is 8.71. The van der Waals surface area contributed by atoms with E-state index >= 15 is 0 Å². The van der Waals surface area contributed by atoms with Crippen LogP contribution in [0.25, 0.3) is 33.6 Å². The highest BCUT2D eigenvalue weighted by Gasteiger charge is 2.36. The lowest BCUT2D eigenvalue weighted by atomic mass is 9.99. The van der Waals surface area contributed by atoms with Crippen LogP contribution in [0, 0.1) is 0 Å². The molecule has 3 aliphatic rings. The summed E-state index contributed by atoms with van der Waals surface area (Å²) in [5.41, 5.74) is 6.88. The number of ether oxygens (including phenoxy) is 2. The Balaban J connectivity index is 1.12. The van der Waals surface area contributed by atoms with Crippen LogP contribution >= 0.6 is 0 Å². The number of fused-ring (bicyclic) bond motifs is 3. The van der Waals surface area contributed by atoms with E-state index in [0.717, 1.165) is 69.6 Å². The van der Waals surface area contributed by atoms with Gasteiger partial charge in [0, 0.05) is 24.4 Å². The molecule has 218 valence electrons. The van der Waals surface area contributed by atoms with Crippen molar-refractivity contribution in [1.29, 1.82) is 0 Å². The highest BCUT2D eigenvalue weighted by atomic mass is 16.6. The minimum atomic E-state index is -0.531. The zero-order chi connectivity index (χ0) is 28.8. The first-order valence-electron chi connectivity index (χ1n) is 15.3. The summed E-state index contributed by atoms with van der Waals surface area (Å²) in [4.78, 5) is 31.5. The molecule has 0 radical (unpaired) electrons. The maximum absolute atomic E-state index is 12.9. The van der Waals surface area contributed by atoms with Gasteiger partial charge in [-0.3, -0.25) is 4.90 Å². The van der Waals surface area contributed by atoms with Crippen molar-refractivity contribution in [3.05, 3.63) is 66.0 Å². The molecule has 2 aromatic carbocycles. The lowest BCUT2D eigenvalue weighted by Crippen LogP contribution is -2.36. The predicted octanol–water partition coefficient (Wildman–Crippen LogP) is 7.80. The monoisotopic (exact) mass is 565 g/mol. The number of aromatic nitrogens is 4. The molecular weight excluding hydrogens is 526 g/mol. The van der Waals surface area contributed by atoms with Crippen molar-refractivity contribution in [3.8, 4) is 39.4 Å². The molecule has 7 rings (SSSR count). The largest absolute Gasteiger partial charge is 0.492 e. The molecule has 4 aromatic rings. The molecule has 42 heavy (non-hydrogen) atoms. The number of nitrogens with one attached hydrogen (secondary N) is 2. The van der Waals surface area contributed by atoms with Gasteiger partial charge < -0.3 is 19.4 Å². The number of carbonyl (C=O) groups excluding carboxylic acids is 1. The van der Waals surface area contributed by atoms with E-state index in [4.69, 9.17) is 14.5 Å². The molecule has 0 bridgehead atoms. The van der Waals surface area contributed by atoms with Crippen molar-refractivity contribution in [2.75, 3.05) is 13.2 Å². The average molecular weight is 566 g/mol. The molecular formula is C34H39N5O3. The number of imidazole rings is 2. The van der Waals surface area contributed by atoms with E-state index in [1.165, 1.54) is 25.7 Å². The first-order valence-corrected chi connectivity index (χ1v) is 15.3. The normalized spacial score (nSPS) is 18.8. The molecule has 1 atom stereocenters. The quantitative estimate of drug-likeness (QED) is 0.263. The maximum Gasteiger partial charge on any atom is 0.410 e. The van der Waals surface area contributed by atoms with E-state index in [-0.39, 0.29) is 12.1 Å². The van der Waals surface area contributed by atoms with Crippen LogP contribution < -0.4 is 4.74 Å². The van der Waals surface area contributed by atoms with Gasteiger partial charge in [-0.1, -0.05) is 43.2 Å². The Bertz CT molecular complexity index is 1590. The number of benzene rings is 2. The molecule has 0 spiro atoms. The molecule has 1 saturated heterocycles. The second kappa shape index (κ2) is 10.6. The van der Waals surface area contributed by atoms with Crippen LogP contribution in [-0.4, -0.2) is 49.7 Å². The summed E-state index contributed by atoms with van der Waals surface area (Å²) in [5.74, 6) is 3.37. The Labute approximate surface area is 246 Å². The van der Waals surface area contributed by atoms with E-state index in [1.807, 2.05) is 31.9 Å². The van der Waals surface area contributed by atoms with Gasteiger partial charge in [0.15, 0.2) is 0 Å². The second-order valence-corrected chi connectivity index (χ2v) is 12.8. The van der Waals surface area contributed by atoms with Gasteiger partial charge in [-0.05, 0) is 75.3 Å². The SMILES string of the molecule is CC(C)(C)OC(=O)N1CCC[C@H]1c1nc2c([nH]1)-c1ccc(-c3ccc(-c4cnc(C5CCCC5)[nH]4)cc3)cc1OCC2. The minimum absolute atomic E-state index is 0.113. The predicted molar refractivity (Wildman–Crippen MR) is 162 cm³/mol. The Morgan fingerprint density at radius 2 is 1.71 bits per heavy atom. The third-order valence-electron chi connectivity index (χ3n) is 8.71. The number of carbonyl (C=O) groups is 1. The van der Waals surface area contributed by atoms with Crippen molar-refractivity contribution >= 4 is 6.09 Å². The van der Waals surface area contributed by atoms with Crippen LogP contribution in [0.1, 0.15) is 88.6 Å². The lowest BCUT2D eigenvalue weighted by molar-refractivity contribution is 0.0218. The summed E-state index contributed by atoms with van der Waals surface area (Å²) in [6, 6.07) is 14.9. The van der Waals surface area contributed by atoms with Crippen LogP contribution in [-0.2, 0) is 11.2 Å². The minimum Gasteiger partial charge on any atom is -0.492 e. The van der Waals surface area contributed by atoms with Gasteiger partial charge in [-0.15, -0.1) is 0 Å². The highest BCUT2D eigenvalue weighted by Crippen LogP contribution is 2.40. The van der Waals surface area contributed by atoms with Crippen molar-refractivity contribution in [1.82, 2.24) is 24.8 Å². The van der Waals surface area contributed by atoms with Gasteiger partial charge in [0.05, 0.1) is 35.9 Å². The molecule has 1 saturated carbocycles. The van der Waals surface area contributed by atoms with Crippen molar-refractivity contribution in [2.24, 2.45) is 0 Å². The smallest absolute Gasteiger partial charge is 0.410 e. The summed E-state index contributed by atoms with van der Waals surface area (Å²) in [6.07, 6.45) is 9.26. The fourth-order valence-electron chi connectivity index (χ4n) is 6.60. The van der Waals surface area contributed by atoms with E-state index in [2.05, 4.69) is 57.4 Å². The Morgan fingerprint density at radius 3 is 2.50 bits per heavy atom. The van der Waals surface area contributed by atoms with Crippen molar-refractivity contribution in [3.63, 3.8) is 0 Å². The zero-order valence-corrected chi connectivity index (χ0v) is 24.7. The van der Waals surface area contributed by atoms with Gasteiger partial charge in [0.1, 0.15) is 23.0 Å². The molecule has 0 unspecified atom stereocenters. The molecule has 4 heterocycles. The van der Waals surface area contributed by atoms with Crippen molar-refractivity contribution < 1.29 is 14.3 Å². The van der Waals surface area contributed by atoms with Gasteiger partial charge in [0.2, 0.25) is 0 Å². The first-order chi connectivity index (χ1) is 20.3. The zero-order valence-electron chi connectivity index (χ0n) is 24.7. The number of amides is 1. The molecule has 1 amide bonds. The number of nitrogens with zero attached hydrogens (tertiary/aromatic N) is 3. The summed E-state index contributed by atoms with van der Waals surface area (Å²) in [6.45, 7) is 6.92. The first kappa shape index (κ1) is 26.8. The Kier molecular flexibility index (Phi) is 6.79. The van der Waals surface area contributed by atoms with Crippen LogP contribution in [0.15, 0.2) is 48.7 Å². The lowest BCUT2D eigenvalue weighted by Gasteiger charge is -2.27. The van der Waals surface area contributed by atoms with E-state index in [9.17, 15) is 4.79 Å². The summed E-state index contributed by atoms with van der Waals surface area (Å²) in [5, 5.41) is 0. The number of hydrogen-bond acceptors (Lipinski definition) is 5. The molecule has 1 aliphatic carbocycles. The molecule has 8 nitrogen and oxygen atoms in total. The number of H-pyrrole nitrogens is 2. The van der Waals surface area contributed by atoms with Crippen LogP contribution in [0.4, 0.5) is 4.79 Å². The van der Waals surface area contributed by atoms with E-state index < -0.39 is 5.60 Å². The molecule has 2 aliphatic heterocycles. The Hall–Kier alpha value is -4.07. The highest BCUT2D eigenvalue weighted by molar-refractivity contribution is 5.77. The van der Waals surface area contributed by atoms with Gasteiger partial charge >= 0.3 is 6.09 Å². The maximum atomic E-state index is 12.9. The van der Waals surface area contributed by atoms with Gasteiger partial charge in [-0.2, -0.15) is 0 Å². The Morgan fingerprint density at radius 1 is 0.952 bits per heavy atom. The van der Waals surface area contributed by atoms with Crippen LogP contribution in [0.2, 0.25) is 0 Å². The summed E-state index contributed by atoms with van der Waals surface area (Å²) < 4.78 is 11.9. The third kappa shape index (κ3) is 5.19. The average Bonchev–Trinajstić information content (AvgIpc) is 3.78. The van der Waals surface area contributed by atoms with Crippen molar-refractivity contribution in [2.45, 2.75) is 83.3 Å². The van der Waals surface area contributed by atoms with E-state index in [0.29, 0.717) is 25.5 Å². The molecule has 2 fully saturated rings.